The minimum atomic E-state index is -0.242. The van der Waals surface area contributed by atoms with Crippen LogP contribution in [0.25, 0.3) is 10.9 Å². The van der Waals surface area contributed by atoms with Gasteiger partial charge in [-0.2, -0.15) is 0 Å². The monoisotopic (exact) mass is 233 g/mol. The highest BCUT2D eigenvalue weighted by Gasteiger charge is 2.13. The number of hydrogen-bond acceptors (Lipinski definition) is 3. The number of rotatable bonds is 3. The first-order chi connectivity index (χ1) is 8.17. The van der Waals surface area contributed by atoms with E-state index in [1.165, 1.54) is 7.11 Å². The van der Waals surface area contributed by atoms with Crippen molar-refractivity contribution < 1.29 is 14.3 Å². The van der Waals surface area contributed by atoms with Crippen molar-refractivity contribution in [2.24, 2.45) is 0 Å². The number of ether oxygens (including phenoxy) is 2. The lowest BCUT2D eigenvalue weighted by molar-refractivity contribution is -0.139. The Morgan fingerprint density at radius 3 is 2.76 bits per heavy atom. The Balaban J connectivity index is 2.55. The Labute approximate surface area is 99.5 Å². The van der Waals surface area contributed by atoms with Crippen molar-refractivity contribution in [3.05, 3.63) is 29.5 Å². The van der Waals surface area contributed by atoms with E-state index in [9.17, 15) is 4.79 Å². The second-order valence-electron chi connectivity index (χ2n) is 3.90. The molecule has 0 amide bonds. The molecule has 0 radical (unpaired) electrons. The van der Waals surface area contributed by atoms with Gasteiger partial charge in [-0.1, -0.05) is 6.07 Å². The lowest BCUT2D eigenvalue weighted by Crippen LogP contribution is -2.04. The number of esters is 1. The van der Waals surface area contributed by atoms with E-state index < -0.39 is 0 Å². The average Bonchev–Trinajstić information content (AvgIpc) is 2.74. The van der Waals surface area contributed by atoms with Crippen LogP contribution in [0.2, 0.25) is 0 Å². The Bertz CT molecular complexity index is 557. The van der Waals surface area contributed by atoms with Gasteiger partial charge in [0.15, 0.2) is 0 Å². The highest BCUT2D eigenvalue weighted by atomic mass is 16.5. The molecule has 0 aliphatic rings. The van der Waals surface area contributed by atoms with Crippen molar-refractivity contribution in [3.63, 3.8) is 0 Å². The third-order valence-corrected chi connectivity index (χ3v) is 2.87. The summed E-state index contributed by atoms with van der Waals surface area (Å²) in [5, 5.41) is 1.04. The third kappa shape index (κ3) is 1.98. The van der Waals surface area contributed by atoms with Crippen LogP contribution >= 0.6 is 0 Å². The van der Waals surface area contributed by atoms with E-state index in [1.807, 2.05) is 25.3 Å². The molecule has 0 unspecified atom stereocenters. The molecule has 1 heterocycles. The zero-order valence-electron chi connectivity index (χ0n) is 10.2. The first kappa shape index (κ1) is 11.5. The smallest absolute Gasteiger partial charge is 0.310 e. The van der Waals surface area contributed by atoms with Crippen LogP contribution in [0.3, 0.4) is 0 Å². The van der Waals surface area contributed by atoms with Gasteiger partial charge >= 0.3 is 5.97 Å². The zero-order chi connectivity index (χ0) is 12.4. The molecule has 4 heteroatoms. The highest BCUT2D eigenvalue weighted by molar-refractivity contribution is 5.93. The summed E-state index contributed by atoms with van der Waals surface area (Å²) in [6, 6.07) is 3.89. The van der Waals surface area contributed by atoms with Gasteiger partial charge in [0.2, 0.25) is 0 Å². The topological polar surface area (TPSA) is 51.3 Å². The second kappa shape index (κ2) is 4.49. The number of methoxy groups -OCH3 is 2. The number of aryl methyl sites for hydroxylation is 1. The molecule has 0 saturated heterocycles. The first-order valence-electron chi connectivity index (χ1n) is 5.37. The Morgan fingerprint density at radius 1 is 1.35 bits per heavy atom. The number of fused-ring (bicyclic) bond motifs is 1. The predicted molar refractivity (Wildman–Crippen MR) is 65.3 cm³/mol. The number of carbonyl (C=O) groups is 1. The molecular formula is C13H15NO3. The van der Waals surface area contributed by atoms with Crippen LogP contribution in [0.5, 0.6) is 5.75 Å². The number of benzene rings is 1. The third-order valence-electron chi connectivity index (χ3n) is 2.87. The van der Waals surface area contributed by atoms with Gasteiger partial charge in [0.25, 0.3) is 0 Å². The van der Waals surface area contributed by atoms with Crippen LogP contribution in [0, 0.1) is 6.92 Å². The summed E-state index contributed by atoms with van der Waals surface area (Å²) in [6.45, 7) is 2.01. The molecule has 90 valence electrons. The summed E-state index contributed by atoms with van der Waals surface area (Å²) in [6.07, 6.45) is 2.10. The van der Waals surface area contributed by atoms with Crippen molar-refractivity contribution in [2.75, 3.05) is 14.2 Å². The molecule has 0 bridgehead atoms. The van der Waals surface area contributed by atoms with Gasteiger partial charge < -0.3 is 14.5 Å². The van der Waals surface area contributed by atoms with Gasteiger partial charge in [-0.3, -0.25) is 4.79 Å². The molecule has 0 aliphatic heterocycles. The molecule has 0 aliphatic carbocycles. The van der Waals surface area contributed by atoms with Crippen LogP contribution in [0.4, 0.5) is 0 Å². The Hall–Kier alpha value is -1.97. The molecule has 1 aromatic heterocycles. The minimum absolute atomic E-state index is 0.242. The summed E-state index contributed by atoms with van der Waals surface area (Å²) in [5.41, 5.74) is 2.97. The first-order valence-corrected chi connectivity index (χ1v) is 5.37. The largest absolute Gasteiger partial charge is 0.495 e. The molecular weight excluding hydrogens is 218 g/mol. The maximum Gasteiger partial charge on any atom is 0.310 e. The van der Waals surface area contributed by atoms with E-state index in [-0.39, 0.29) is 12.4 Å². The van der Waals surface area contributed by atoms with Crippen LogP contribution < -0.4 is 4.74 Å². The van der Waals surface area contributed by atoms with Crippen molar-refractivity contribution in [1.82, 2.24) is 4.98 Å². The van der Waals surface area contributed by atoms with E-state index >= 15 is 0 Å². The highest BCUT2D eigenvalue weighted by Crippen LogP contribution is 2.30. The van der Waals surface area contributed by atoms with Crippen LogP contribution in [0.15, 0.2) is 18.3 Å². The summed E-state index contributed by atoms with van der Waals surface area (Å²) < 4.78 is 9.96. The molecule has 1 aromatic carbocycles. The summed E-state index contributed by atoms with van der Waals surface area (Å²) >= 11 is 0. The van der Waals surface area contributed by atoms with Crippen molar-refractivity contribution in [2.45, 2.75) is 13.3 Å². The average molecular weight is 233 g/mol. The molecule has 0 spiro atoms. The number of aromatic nitrogens is 1. The molecule has 0 saturated carbocycles. The Morgan fingerprint density at radius 2 is 2.12 bits per heavy atom. The van der Waals surface area contributed by atoms with Crippen LogP contribution in [-0.4, -0.2) is 25.2 Å². The quantitative estimate of drug-likeness (QED) is 0.827. The standard InChI is InChI=1S/C13H15NO3/c1-8-4-5-10(16-2)13-12(8)9(7-14-13)6-11(15)17-3/h4-5,7,14H,6H2,1-3H3. The molecule has 2 rings (SSSR count). The van der Waals surface area contributed by atoms with Gasteiger partial charge in [0.1, 0.15) is 5.75 Å². The van der Waals surface area contributed by atoms with Gasteiger partial charge in [-0.25, -0.2) is 0 Å². The molecule has 2 aromatic rings. The zero-order valence-corrected chi connectivity index (χ0v) is 10.2. The van der Waals surface area contributed by atoms with Gasteiger partial charge in [-0.15, -0.1) is 0 Å². The number of aromatic amines is 1. The fraction of sp³-hybridized carbons (Fsp3) is 0.308. The van der Waals surface area contributed by atoms with Crippen LogP contribution in [0.1, 0.15) is 11.1 Å². The fourth-order valence-corrected chi connectivity index (χ4v) is 2.01. The SMILES string of the molecule is COC(=O)Cc1c[nH]c2c(OC)ccc(C)c12. The predicted octanol–water partition coefficient (Wildman–Crippen LogP) is 2.20. The van der Waals surface area contributed by atoms with E-state index in [1.54, 1.807) is 7.11 Å². The molecule has 4 nitrogen and oxygen atoms in total. The molecule has 1 N–H and O–H groups in total. The maximum absolute atomic E-state index is 11.3. The molecule has 0 atom stereocenters. The van der Waals surface area contributed by atoms with Crippen molar-refractivity contribution in [3.8, 4) is 5.75 Å². The van der Waals surface area contributed by atoms with Crippen molar-refractivity contribution >= 4 is 16.9 Å². The van der Waals surface area contributed by atoms with Gasteiger partial charge in [0, 0.05) is 11.6 Å². The van der Waals surface area contributed by atoms with Gasteiger partial charge in [0.05, 0.1) is 26.2 Å². The summed E-state index contributed by atoms with van der Waals surface area (Å²) in [4.78, 5) is 14.5. The van der Waals surface area contributed by atoms with Crippen molar-refractivity contribution in [1.29, 1.82) is 0 Å². The summed E-state index contributed by atoms with van der Waals surface area (Å²) in [5.74, 6) is 0.537. The fourth-order valence-electron chi connectivity index (χ4n) is 2.01. The molecule has 0 fully saturated rings. The second-order valence-corrected chi connectivity index (χ2v) is 3.90. The number of carbonyl (C=O) groups excluding carboxylic acids is 1. The number of nitrogens with one attached hydrogen (secondary N) is 1. The van der Waals surface area contributed by atoms with E-state index in [2.05, 4.69) is 9.72 Å². The summed E-state index contributed by atoms with van der Waals surface area (Å²) in [7, 11) is 3.02. The number of hydrogen-bond donors (Lipinski definition) is 1. The van der Waals surface area contributed by atoms with Gasteiger partial charge in [-0.05, 0) is 24.1 Å². The van der Waals surface area contributed by atoms with E-state index in [0.717, 1.165) is 27.8 Å². The lowest BCUT2D eigenvalue weighted by atomic mass is 10.1. The van der Waals surface area contributed by atoms with Crippen LogP contribution in [-0.2, 0) is 16.0 Å². The molecule has 17 heavy (non-hydrogen) atoms. The lowest BCUT2D eigenvalue weighted by Gasteiger charge is -2.05. The van der Waals surface area contributed by atoms with E-state index in [0.29, 0.717) is 0 Å². The maximum atomic E-state index is 11.3. The number of H-pyrrole nitrogens is 1. The normalized spacial score (nSPS) is 10.5. The Kier molecular flexibility index (Phi) is 3.04. The van der Waals surface area contributed by atoms with E-state index in [4.69, 9.17) is 4.74 Å². The minimum Gasteiger partial charge on any atom is -0.495 e.